The molecule has 162 valence electrons. The van der Waals surface area contributed by atoms with E-state index < -0.39 is 0 Å². The van der Waals surface area contributed by atoms with Crippen LogP contribution in [-0.4, -0.2) is 49.0 Å². The monoisotopic (exact) mass is 516 g/mol. The highest BCUT2D eigenvalue weighted by Gasteiger charge is 2.45. The predicted molar refractivity (Wildman–Crippen MR) is 126 cm³/mol. The van der Waals surface area contributed by atoms with Crippen LogP contribution in [-0.2, 0) is 10.2 Å². The molecule has 2 aliphatic rings. The number of halogens is 2. The van der Waals surface area contributed by atoms with E-state index in [1.165, 1.54) is 6.07 Å². The van der Waals surface area contributed by atoms with E-state index in [1.807, 2.05) is 37.8 Å². The van der Waals surface area contributed by atoms with Gasteiger partial charge in [-0.1, -0.05) is 32.0 Å². The van der Waals surface area contributed by atoms with E-state index >= 15 is 0 Å². The predicted octanol–water partition coefficient (Wildman–Crippen LogP) is 3.68. The number of hydrogen-bond acceptors (Lipinski definition) is 2. The van der Waals surface area contributed by atoms with Crippen molar-refractivity contribution in [2.24, 2.45) is 10.9 Å². The van der Waals surface area contributed by atoms with Gasteiger partial charge in [-0.3, -0.25) is 9.79 Å². The smallest absolute Gasteiger partial charge is 0.225 e. The molecule has 2 fully saturated rings. The van der Waals surface area contributed by atoms with Crippen LogP contribution in [0.5, 0.6) is 0 Å². The van der Waals surface area contributed by atoms with E-state index in [2.05, 4.69) is 10.6 Å². The minimum absolute atomic E-state index is 0. The van der Waals surface area contributed by atoms with Crippen LogP contribution in [0.15, 0.2) is 29.3 Å². The minimum atomic E-state index is -0.152. The van der Waals surface area contributed by atoms with Crippen molar-refractivity contribution in [1.29, 1.82) is 0 Å². The molecule has 0 unspecified atom stereocenters. The van der Waals surface area contributed by atoms with Crippen molar-refractivity contribution in [1.82, 2.24) is 15.5 Å². The number of piperidine rings is 1. The van der Waals surface area contributed by atoms with Crippen LogP contribution in [0.4, 0.5) is 4.39 Å². The molecule has 2 N–H and O–H groups in total. The largest absolute Gasteiger partial charge is 0.357 e. The highest BCUT2D eigenvalue weighted by molar-refractivity contribution is 14.0. The number of carbonyl (C=O) groups excluding carboxylic acids is 1. The van der Waals surface area contributed by atoms with Crippen molar-refractivity contribution in [3.63, 3.8) is 0 Å². The summed E-state index contributed by atoms with van der Waals surface area (Å²) >= 11 is 0. The molecular weight excluding hydrogens is 482 g/mol. The van der Waals surface area contributed by atoms with Gasteiger partial charge in [0, 0.05) is 37.0 Å². The molecule has 0 bridgehead atoms. The number of aliphatic imine (C=N–C) groups is 1. The molecular formula is C22H34FIN4O. The maximum absolute atomic E-state index is 14.2. The normalized spacial score (nSPS) is 18.9. The molecule has 1 saturated carbocycles. The highest BCUT2D eigenvalue weighted by atomic mass is 127. The summed E-state index contributed by atoms with van der Waals surface area (Å²) in [5.41, 5.74) is 0.635. The van der Waals surface area contributed by atoms with Gasteiger partial charge in [0.2, 0.25) is 5.91 Å². The van der Waals surface area contributed by atoms with Crippen LogP contribution in [0.1, 0.15) is 52.0 Å². The second-order valence-electron chi connectivity index (χ2n) is 8.35. The van der Waals surface area contributed by atoms with E-state index in [1.54, 1.807) is 6.07 Å². The summed E-state index contributed by atoms with van der Waals surface area (Å²) in [5.74, 6) is 0.949. The molecule has 0 atom stereocenters. The van der Waals surface area contributed by atoms with Gasteiger partial charge in [-0.15, -0.1) is 24.0 Å². The Hall–Kier alpha value is -1.38. The first-order valence-electron chi connectivity index (χ1n) is 10.5. The van der Waals surface area contributed by atoms with Crippen molar-refractivity contribution < 1.29 is 9.18 Å². The van der Waals surface area contributed by atoms with E-state index in [9.17, 15) is 9.18 Å². The van der Waals surface area contributed by atoms with Crippen LogP contribution in [0, 0.1) is 11.7 Å². The quantitative estimate of drug-likeness (QED) is 0.345. The Labute approximate surface area is 190 Å². The van der Waals surface area contributed by atoms with Gasteiger partial charge in [0.05, 0.1) is 6.54 Å². The number of hydrogen-bond donors (Lipinski definition) is 2. The summed E-state index contributed by atoms with van der Waals surface area (Å²) in [6, 6.07) is 7.37. The standard InChI is InChI=1S/C22H33FN4O.HI/c1-4-24-21(26-17-9-13-27(14-10-17)20(28)16(2)3)25-15-22(11-12-22)18-7-5-6-8-19(18)23;/h5-8,16-17H,4,9-15H2,1-3H3,(H2,24,25,26);1H. The molecule has 1 aromatic rings. The number of rotatable bonds is 6. The summed E-state index contributed by atoms with van der Waals surface area (Å²) in [7, 11) is 0. The number of benzene rings is 1. The zero-order valence-corrected chi connectivity index (χ0v) is 20.0. The molecule has 1 aliphatic carbocycles. The van der Waals surface area contributed by atoms with Gasteiger partial charge in [-0.2, -0.15) is 0 Å². The third-order valence-electron chi connectivity index (χ3n) is 5.82. The topological polar surface area (TPSA) is 56.7 Å². The Balaban J connectivity index is 0.00000300. The van der Waals surface area contributed by atoms with E-state index in [0.717, 1.165) is 56.8 Å². The number of carbonyl (C=O) groups is 1. The molecule has 5 nitrogen and oxygen atoms in total. The highest BCUT2D eigenvalue weighted by Crippen LogP contribution is 2.49. The van der Waals surface area contributed by atoms with Gasteiger partial charge in [0.15, 0.2) is 5.96 Å². The molecule has 1 saturated heterocycles. The maximum Gasteiger partial charge on any atom is 0.225 e. The molecule has 29 heavy (non-hydrogen) atoms. The maximum atomic E-state index is 14.2. The summed E-state index contributed by atoms with van der Waals surface area (Å²) in [5, 5.41) is 6.83. The fourth-order valence-electron chi connectivity index (χ4n) is 3.91. The second kappa shape index (κ2) is 10.6. The van der Waals surface area contributed by atoms with Crippen molar-refractivity contribution in [3.05, 3.63) is 35.6 Å². The Bertz CT molecular complexity index is 713. The van der Waals surface area contributed by atoms with Crippen molar-refractivity contribution in [3.8, 4) is 0 Å². The molecule has 1 heterocycles. The first-order chi connectivity index (χ1) is 13.4. The van der Waals surface area contributed by atoms with E-state index in [0.29, 0.717) is 12.6 Å². The number of likely N-dealkylation sites (tertiary alicyclic amines) is 1. The number of nitrogens with one attached hydrogen (secondary N) is 2. The Morgan fingerprint density at radius 2 is 1.93 bits per heavy atom. The van der Waals surface area contributed by atoms with Gasteiger partial charge in [-0.05, 0) is 44.2 Å². The lowest BCUT2D eigenvalue weighted by molar-refractivity contribution is -0.135. The van der Waals surface area contributed by atoms with Gasteiger partial charge in [0.1, 0.15) is 5.82 Å². The third kappa shape index (κ3) is 6.06. The Kier molecular flexibility index (Phi) is 8.73. The van der Waals surface area contributed by atoms with E-state index in [-0.39, 0.29) is 47.0 Å². The Morgan fingerprint density at radius 3 is 2.48 bits per heavy atom. The zero-order valence-electron chi connectivity index (χ0n) is 17.7. The molecule has 7 heteroatoms. The van der Waals surface area contributed by atoms with Crippen LogP contribution in [0.3, 0.4) is 0 Å². The number of nitrogens with zero attached hydrogens (tertiary/aromatic N) is 2. The summed E-state index contributed by atoms with van der Waals surface area (Å²) in [6.07, 6.45) is 3.79. The average Bonchev–Trinajstić information content (AvgIpc) is 3.47. The average molecular weight is 516 g/mol. The summed E-state index contributed by atoms with van der Waals surface area (Å²) < 4.78 is 14.2. The molecule has 1 aliphatic heterocycles. The van der Waals surface area contributed by atoms with Crippen LogP contribution in [0.2, 0.25) is 0 Å². The lowest BCUT2D eigenvalue weighted by Crippen LogP contribution is -2.50. The third-order valence-corrected chi connectivity index (χ3v) is 5.82. The van der Waals surface area contributed by atoms with Crippen LogP contribution < -0.4 is 10.6 Å². The van der Waals surface area contributed by atoms with Crippen molar-refractivity contribution in [2.75, 3.05) is 26.2 Å². The fourth-order valence-corrected chi connectivity index (χ4v) is 3.91. The molecule has 0 aromatic heterocycles. The van der Waals surface area contributed by atoms with Gasteiger partial charge >= 0.3 is 0 Å². The fraction of sp³-hybridized carbons (Fsp3) is 0.636. The number of guanidine groups is 1. The van der Waals surface area contributed by atoms with Gasteiger partial charge in [0.25, 0.3) is 0 Å². The second-order valence-corrected chi connectivity index (χ2v) is 8.35. The zero-order chi connectivity index (χ0) is 20.1. The SMILES string of the molecule is CCNC(=NCC1(c2ccccc2F)CC1)NC1CCN(C(=O)C(C)C)CC1.I. The first-order valence-corrected chi connectivity index (χ1v) is 10.5. The molecule has 0 spiro atoms. The van der Waals surface area contributed by atoms with Crippen molar-refractivity contribution in [2.45, 2.75) is 57.9 Å². The van der Waals surface area contributed by atoms with Crippen LogP contribution in [0.25, 0.3) is 0 Å². The summed E-state index contributed by atoms with van der Waals surface area (Å²) in [6.45, 7) is 8.89. The minimum Gasteiger partial charge on any atom is -0.357 e. The number of amides is 1. The first kappa shape index (κ1) is 23.9. The lowest BCUT2D eigenvalue weighted by Gasteiger charge is -2.34. The van der Waals surface area contributed by atoms with Crippen LogP contribution >= 0.6 is 24.0 Å². The molecule has 1 aromatic carbocycles. The molecule has 3 rings (SSSR count). The van der Waals surface area contributed by atoms with Crippen molar-refractivity contribution >= 4 is 35.8 Å². The Morgan fingerprint density at radius 1 is 1.28 bits per heavy atom. The molecule has 1 amide bonds. The van der Waals surface area contributed by atoms with Gasteiger partial charge in [-0.25, -0.2) is 4.39 Å². The van der Waals surface area contributed by atoms with E-state index in [4.69, 9.17) is 4.99 Å². The summed E-state index contributed by atoms with van der Waals surface area (Å²) in [4.78, 5) is 18.9. The van der Waals surface area contributed by atoms with Gasteiger partial charge < -0.3 is 15.5 Å². The molecule has 0 radical (unpaired) electrons. The lowest BCUT2D eigenvalue weighted by atomic mass is 9.95.